The molecule has 1 aliphatic heterocycles. The topological polar surface area (TPSA) is 103 Å². The third-order valence-corrected chi connectivity index (χ3v) is 7.82. The monoisotopic (exact) mass is 470 g/mol. The molecule has 176 valence electrons. The minimum Gasteiger partial charge on any atom is -0.497 e. The van der Waals surface area contributed by atoms with Crippen LogP contribution < -0.4 is 10.1 Å². The van der Waals surface area contributed by atoms with E-state index in [9.17, 15) is 13.2 Å². The molecule has 8 nitrogen and oxygen atoms in total. The largest absolute Gasteiger partial charge is 0.497 e. The molecule has 1 aromatic carbocycles. The van der Waals surface area contributed by atoms with Crippen LogP contribution in [0.4, 0.5) is 0 Å². The molecular weight excluding hydrogens is 440 g/mol. The highest BCUT2D eigenvalue weighted by Crippen LogP contribution is 2.33. The van der Waals surface area contributed by atoms with E-state index in [1.54, 1.807) is 7.11 Å². The molecule has 0 spiro atoms. The van der Waals surface area contributed by atoms with Crippen molar-refractivity contribution in [1.29, 1.82) is 0 Å². The standard InChI is InChI=1S/C24H30N4O4S/c1-4-5-6-11-25-24(29)23-22-21(14-20(27-23)17-8-7-9-19(13-17)32-3)28(16(2)26-22)18-10-12-33(30,31)15-18/h7-9,13-14,18H,4-6,10-12,15H2,1-3H3,(H,25,29). The molecule has 1 fully saturated rings. The summed E-state index contributed by atoms with van der Waals surface area (Å²) in [5, 5.41) is 2.97. The summed E-state index contributed by atoms with van der Waals surface area (Å²) in [5.74, 6) is 1.33. The number of pyridine rings is 1. The molecule has 4 rings (SSSR count). The molecule has 0 radical (unpaired) electrons. The molecule has 33 heavy (non-hydrogen) atoms. The Balaban J connectivity index is 1.84. The number of rotatable bonds is 8. The lowest BCUT2D eigenvalue weighted by Crippen LogP contribution is -2.26. The molecule has 2 aromatic heterocycles. The van der Waals surface area contributed by atoms with Crippen LogP contribution in [0.15, 0.2) is 30.3 Å². The van der Waals surface area contributed by atoms with Crippen LogP contribution in [-0.4, -0.2) is 54.0 Å². The number of imidazole rings is 1. The lowest BCUT2D eigenvalue weighted by molar-refractivity contribution is 0.0949. The van der Waals surface area contributed by atoms with Crippen molar-refractivity contribution in [3.63, 3.8) is 0 Å². The number of aryl methyl sites for hydroxylation is 1. The van der Waals surface area contributed by atoms with Crippen LogP contribution in [0, 0.1) is 6.92 Å². The number of carbonyl (C=O) groups excluding carboxylic acids is 1. The van der Waals surface area contributed by atoms with Gasteiger partial charge in [-0.1, -0.05) is 31.9 Å². The minimum atomic E-state index is -3.08. The molecule has 9 heteroatoms. The first-order valence-corrected chi connectivity index (χ1v) is 13.2. The van der Waals surface area contributed by atoms with E-state index in [1.807, 2.05) is 41.8 Å². The van der Waals surface area contributed by atoms with Gasteiger partial charge in [-0.05, 0) is 38.0 Å². The van der Waals surface area contributed by atoms with E-state index in [-0.39, 0.29) is 29.1 Å². The molecule has 0 bridgehead atoms. The highest BCUT2D eigenvalue weighted by molar-refractivity contribution is 7.91. The molecule has 1 amide bonds. The van der Waals surface area contributed by atoms with Gasteiger partial charge in [0.05, 0.1) is 35.9 Å². The van der Waals surface area contributed by atoms with Gasteiger partial charge in [0, 0.05) is 12.1 Å². The lowest BCUT2D eigenvalue weighted by Gasteiger charge is -2.15. The van der Waals surface area contributed by atoms with Gasteiger partial charge in [0.25, 0.3) is 5.91 Å². The van der Waals surface area contributed by atoms with Crippen molar-refractivity contribution in [2.24, 2.45) is 0 Å². The van der Waals surface area contributed by atoms with Crippen molar-refractivity contribution >= 4 is 26.8 Å². The van der Waals surface area contributed by atoms with Crippen molar-refractivity contribution in [3.05, 3.63) is 41.9 Å². The van der Waals surface area contributed by atoms with E-state index in [2.05, 4.69) is 17.2 Å². The average Bonchev–Trinajstić information content (AvgIpc) is 3.33. The minimum absolute atomic E-state index is 0.0780. The van der Waals surface area contributed by atoms with E-state index in [0.717, 1.165) is 30.3 Å². The van der Waals surface area contributed by atoms with Crippen LogP contribution in [-0.2, 0) is 9.84 Å². The van der Waals surface area contributed by atoms with E-state index < -0.39 is 9.84 Å². The maximum atomic E-state index is 13.1. The molecule has 3 aromatic rings. The Morgan fingerprint density at radius 1 is 1.24 bits per heavy atom. The number of methoxy groups -OCH3 is 1. The Labute approximate surface area is 194 Å². The number of nitrogens with zero attached hydrogens (tertiary/aromatic N) is 3. The summed E-state index contributed by atoms with van der Waals surface area (Å²) < 4.78 is 31.6. The van der Waals surface area contributed by atoms with Crippen LogP contribution in [0.2, 0.25) is 0 Å². The molecule has 0 saturated carbocycles. The third-order valence-electron chi connectivity index (χ3n) is 6.07. The first-order chi connectivity index (χ1) is 15.8. The van der Waals surface area contributed by atoms with Crippen molar-refractivity contribution in [1.82, 2.24) is 19.9 Å². The number of unbranched alkanes of at least 4 members (excludes halogenated alkanes) is 2. The molecule has 1 atom stereocenters. The number of hydrogen-bond donors (Lipinski definition) is 1. The van der Waals surface area contributed by atoms with Gasteiger partial charge in [0.2, 0.25) is 0 Å². The Bertz CT molecular complexity index is 1280. The molecule has 1 N–H and O–H groups in total. The van der Waals surface area contributed by atoms with E-state index >= 15 is 0 Å². The number of ether oxygens (including phenoxy) is 1. The van der Waals surface area contributed by atoms with Gasteiger partial charge in [-0.25, -0.2) is 18.4 Å². The molecular formula is C24H30N4O4S. The van der Waals surface area contributed by atoms with E-state index in [1.165, 1.54) is 0 Å². The molecule has 1 unspecified atom stereocenters. The van der Waals surface area contributed by atoms with Gasteiger partial charge in [-0.15, -0.1) is 0 Å². The fraction of sp³-hybridized carbons (Fsp3) is 0.458. The van der Waals surface area contributed by atoms with Crippen LogP contribution in [0.25, 0.3) is 22.3 Å². The summed E-state index contributed by atoms with van der Waals surface area (Å²) in [7, 11) is -1.48. The maximum Gasteiger partial charge on any atom is 0.272 e. The Morgan fingerprint density at radius 3 is 2.76 bits per heavy atom. The predicted octanol–water partition coefficient (Wildman–Crippen LogP) is 3.69. The number of carbonyl (C=O) groups is 1. The van der Waals surface area contributed by atoms with Crippen molar-refractivity contribution < 1.29 is 17.9 Å². The zero-order valence-corrected chi connectivity index (χ0v) is 20.1. The summed E-state index contributed by atoms with van der Waals surface area (Å²) in [6.07, 6.45) is 3.53. The van der Waals surface area contributed by atoms with Gasteiger partial charge in [-0.3, -0.25) is 4.79 Å². The third kappa shape index (κ3) is 4.88. The number of sulfone groups is 1. The normalized spacial score (nSPS) is 17.4. The van der Waals surface area contributed by atoms with Gasteiger partial charge < -0.3 is 14.6 Å². The zero-order chi connectivity index (χ0) is 23.6. The van der Waals surface area contributed by atoms with E-state index in [0.29, 0.717) is 35.8 Å². The molecule has 0 aliphatic carbocycles. The van der Waals surface area contributed by atoms with Gasteiger partial charge in [0.15, 0.2) is 15.5 Å². The summed E-state index contributed by atoms with van der Waals surface area (Å²) in [6, 6.07) is 9.18. The Morgan fingerprint density at radius 2 is 2.06 bits per heavy atom. The number of fused-ring (bicyclic) bond motifs is 1. The van der Waals surface area contributed by atoms with Gasteiger partial charge in [0.1, 0.15) is 17.1 Å². The summed E-state index contributed by atoms with van der Waals surface area (Å²) in [4.78, 5) is 22.5. The average molecular weight is 471 g/mol. The molecule has 1 aliphatic rings. The zero-order valence-electron chi connectivity index (χ0n) is 19.3. The number of amides is 1. The smallest absolute Gasteiger partial charge is 0.272 e. The highest BCUT2D eigenvalue weighted by atomic mass is 32.2. The number of hydrogen-bond acceptors (Lipinski definition) is 6. The number of aromatic nitrogens is 3. The fourth-order valence-electron chi connectivity index (χ4n) is 4.40. The SMILES string of the molecule is CCCCCNC(=O)c1nc(-c2cccc(OC)c2)cc2c1nc(C)n2C1CCS(=O)(=O)C1. The lowest BCUT2D eigenvalue weighted by atomic mass is 10.1. The summed E-state index contributed by atoms with van der Waals surface area (Å²) in [5.41, 5.74) is 2.89. The predicted molar refractivity (Wildman–Crippen MR) is 128 cm³/mol. The molecule has 3 heterocycles. The van der Waals surface area contributed by atoms with Crippen LogP contribution in [0.1, 0.15) is 55.0 Å². The summed E-state index contributed by atoms with van der Waals surface area (Å²) in [6.45, 7) is 4.53. The molecule has 1 saturated heterocycles. The Kier molecular flexibility index (Phi) is 6.69. The summed E-state index contributed by atoms with van der Waals surface area (Å²) >= 11 is 0. The first kappa shape index (κ1) is 23.2. The second kappa shape index (κ2) is 9.51. The highest BCUT2D eigenvalue weighted by Gasteiger charge is 2.32. The Hall–Kier alpha value is -2.94. The van der Waals surface area contributed by atoms with Crippen molar-refractivity contribution in [2.45, 2.75) is 45.6 Å². The number of nitrogens with one attached hydrogen (secondary N) is 1. The van der Waals surface area contributed by atoms with Crippen LogP contribution in [0.5, 0.6) is 5.75 Å². The maximum absolute atomic E-state index is 13.1. The van der Waals surface area contributed by atoms with E-state index in [4.69, 9.17) is 9.72 Å². The van der Waals surface area contributed by atoms with Crippen molar-refractivity contribution in [3.8, 4) is 17.0 Å². The van der Waals surface area contributed by atoms with Gasteiger partial charge >= 0.3 is 0 Å². The number of benzene rings is 1. The van der Waals surface area contributed by atoms with Crippen molar-refractivity contribution in [2.75, 3.05) is 25.2 Å². The van der Waals surface area contributed by atoms with Crippen LogP contribution >= 0.6 is 0 Å². The second-order valence-corrected chi connectivity index (χ2v) is 10.7. The van der Waals surface area contributed by atoms with Crippen LogP contribution in [0.3, 0.4) is 0 Å². The second-order valence-electron chi connectivity index (χ2n) is 8.50. The fourth-order valence-corrected chi connectivity index (χ4v) is 6.10. The first-order valence-electron chi connectivity index (χ1n) is 11.4. The quantitative estimate of drug-likeness (QED) is 0.504. The van der Waals surface area contributed by atoms with Gasteiger partial charge in [-0.2, -0.15) is 0 Å².